The number of amides is 1. The normalized spacial score (nSPS) is 32.8. The zero-order valence-corrected chi connectivity index (χ0v) is 11.7. The SMILES string of the molecule is CCCC1CCCCN1C(=O)C1COCC1NC. The summed E-state index contributed by atoms with van der Waals surface area (Å²) in [7, 11) is 1.92. The molecular weight excluding hydrogens is 228 g/mol. The van der Waals surface area contributed by atoms with Crippen LogP contribution in [0.1, 0.15) is 39.0 Å². The molecule has 1 amide bonds. The first-order valence-electron chi connectivity index (χ1n) is 7.33. The van der Waals surface area contributed by atoms with Crippen LogP contribution in [0, 0.1) is 5.92 Å². The van der Waals surface area contributed by atoms with Crippen LogP contribution in [0.3, 0.4) is 0 Å². The summed E-state index contributed by atoms with van der Waals surface area (Å²) in [6, 6.07) is 0.663. The lowest BCUT2D eigenvalue weighted by Gasteiger charge is -2.38. The van der Waals surface area contributed by atoms with Crippen LogP contribution in [0.2, 0.25) is 0 Å². The largest absolute Gasteiger partial charge is 0.379 e. The molecule has 3 unspecified atom stereocenters. The number of piperidine rings is 1. The molecule has 2 fully saturated rings. The number of likely N-dealkylation sites (tertiary alicyclic amines) is 1. The Balaban J connectivity index is 2.01. The number of likely N-dealkylation sites (N-methyl/N-ethyl adjacent to an activating group) is 1. The number of nitrogens with one attached hydrogen (secondary N) is 1. The molecule has 0 saturated carbocycles. The Morgan fingerprint density at radius 3 is 2.94 bits per heavy atom. The van der Waals surface area contributed by atoms with Crippen molar-refractivity contribution in [2.45, 2.75) is 51.1 Å². The minimum atomic E-state index is 0.0208. The Kier molecular flexibility index (Phi) is 5.01. The number of hydrogen-bond acceptors (Lipinski definition) is 3. The van der Waals surface area contributed by atoms with Crippen molar-refractivity contribution in [3.05, 3.63) is 0 Å². The quantitative estimate of drug-likeness (QED) is 0.824. The molecule has 3 atom stereocenters. The van der Waals surface area contributed by atoms with Crippen LogP contribution in [0.25, 0.3) is 0 Å². The van der Waals surface area contributed by atoms with E-state index in [0.29, 0.717) is 25.2 Å². The van der Waals surface area contributed by atoms with E-state index in [0.717, 1.165) is 25.8 Å². The summed E-state index contributed by atoms with van der Waals surface area (Å²) in [5.41, 5.74) is 0. The number of nitrogens with zero attached hydrogens (tertiary/aromatic N) is 1. The molecule has 0 aromatic carbocycles. The van der Waals surface area contributed by atoms with Gasteiger partial charge in [0.05, 0.1) is 19.1 Å². The highest BCUT2D eigenvalue weighted by Gasteiger charge is 2.38. The maximum absolute atomic E-state index is 12.7. The van der Waals surface area contributed by atoms with Gasteiger partial charge in [0.2, 0.25) is 5.91 Å². The predicted molar refractivity (Wildman–Crippen MR) is 71.4 cm³/mol. The second-order valence-electron chi connectivity index (χ2n) is 5.51. The second kappa shape index (κ2) is 6.53. The Labute approximate surface area is 110 Å². The molecule has 4 nitrogen and oxygen atoms in total. The van der Waals surface area contributed by atoms with E-state index < -0.39 is 0 Å². The molecule has 0 aromatic rings. The number of hydrogen-bond donors (Lipinski definition) is 1. The van der Waals surface area contributed by atoms with E-state index >= 15 is 0 Å². The van der Waals surface area contributed by atoms with Crippen LogP contribution in [0.5, 0.6) is 0 Å². The molecule has 1 N–H and O–H groups in total. The standard InChI is InChI=1S/C14H26N2O2/c1-3-6-11-7-4-5-8-16(11)14(17)12-9-18-10-13(12)15-2/h11-13,15H,3-10H2,1-2H3. The molecule has 104 valence electrons. The summed E-state index contributed by atoms with van der Waals surface area (Å²) >= 11 is 0. The number of rotatable bonds is 4. The van der Waals surface area contributed by atoms with Gasteiger partial charge in [0, 0.05) is 18.6 Å². The van der Waals surface area contributed by atoms with Gasteiger partial charge in [0.1, 0.15) is 0 Å². The maximum atomic E-state index is 12.7. The first-order valence-corrected chi connectivity index (χ1v) is 7.33. The van der Waals surface area contributed by atoms with Gasteiger partial charge < -0.3 is 15.0 Å². The van der Waals surface area contributed by atoms with E-state index in [9.17, 15) is 4.79 Å². The molecule has 2 rings (SSSR count). The van der Waals surface area contributed by atoms with E-state index in [1.54, 1.807) is 0 Å². The van der Waals surface area contributed by atoms with E-state index in [2.05, 4.69) is 17.1 Å². The highest BCUT2D eigenvalue weighted by atomic mass is 16.5. The summed E-state index contributed by atoms with van der Waals surface area (Å²) in [4.78, 5) is 14.8. The molecule has 0 radical (unpaired) electrons. The molecule has 2 saturated heterocycles. The minimum absolute atomic E-state index is 0.0208. The lowest BCUT2D eigenvalue weighted by atomic mass is 9.94. The molecule has 0 spiro atoms. The first kappa shape index (κ1) is 13.8. The Morgan fingerprint density at radius 1 is 1.39 bits per heavy atom. The lowest BCUT2D eigenvalue weighted by molar-refractivity contribution is -0.140. The molecule has 2 aliphatic rings. The molecular formula is C14H26N2O2. The van der Waals surface area contributed by atoms with Crippen LogP contribution in [-0.2, 0) is 9.53 Å². The van der Waals surface area contributed by atoms with Crippen molar-refractivity contribution in [2.75, 3.05) is 26.8 Å². The molecule has 0 aliphatic carbocycles. The third-order valence-electron chi connectivity index (χ3n) is 4.30. The average Bonchev–Trinajstić information content (AvgIpc) is 2.87. The summed E-state index contributed by atoms with van der Waals surface area (Å²) in [5.74, 6) is 0.331. The average molecular weight is 254 g/mol. The maximum Gasteiger partial charge on any atom is 0.229 e. The van der Waals surface area contributed by atoms with Crippen molar-refractivity contribution in [1.82, 2.24) is 10.2 Å². The van der Waals surface area contributed by atoms with E-state index in [4.69, 9.17) is 4.74 Å². The van der Waals surface area contributed by atoms with E-state index in [1.165, 1.54) is 12.8 Å². The van der Waals surface area contributed by atoms with Crippen molar-refractivity contribution in [2.24, 2.45) is 5.92 Å². The molecule has 4 heteroatoms. The predicted octanol–water partition coefficient (Wildman–Crippen LogP) is 1.40. The Morgan fingerprint density at radius 2 is 2.22 bits per heavy atom. The lowest BCUT2D eigenvalue weighted by Crippen LogP contribution is -2.50. The molecule has 18 heavy (non-hydrogen) atoms. The second-order valence-corrected chi connectivity index (χ2v) is 5.51. The van der Waals surface area contributed by atoms with E-state index in [1.807, 2.05) is 7.05 Å². The highest BCUT2D eigenvalue weighted by Crippen LogP contribution is 2.25. The van der Waals surface area contributed by atoms with Crippen LogP contribution in [0.4, 0.5) is 0 Å². The van der Waals surface area contributed by atoms with Gasteiger partial charge >= 0.3 is 0 Å². The number of carbonyl (C=O) groups excluding carboxylic acids is 1. The fourth-order valence-corrected chi connectivity index (χ4v) is 3.22. The molecule has 2 heterocycles. The van der Waals surface area contributed by atoms with Gasteiger partial charge in [0.25, 0.3) is 0 Å². The molecule has 0 bridgehead atoms. The van der Waals surface area contributed by atoms with Crippen LogP contribution in [-0.4, -0.2) is 49.7 Å². The van der Waals surface area contributed by atoms with Crippen molar-refractivity contribution in [1.29, 1.82) is 0 Å². The van der Waals surface area contributed by atoms with Crippen molar-refractivity contribution < 1.29 is 9.53 Å². The van der Waals surface area contributed by atoms with E-state index in [-0.39, 0.29) is 12.0 Å². The smallest absolute Gasteiger partial charge is 0.229 e. The van der Waals surface area contributed by atoms with Crippen molar-refractivity contribution >= 4 is 5.91 Å². The van der Waals surface area contributed by atoms with Crippen molar-refractivity contribution in [3.8, 4) is 0 Å². The third-order valence-corrected chi connectivity index (χ3v) is 4.30. The number of ether oxygens (including phenoxy) is 1. The zero-order valence-electron chi connectivity index (χ0n) is 11.7. The zero-order chi connectivity index (χ0) is 13.0. The van der Waals surface area contributed by atoms with Crippen LogP contribution < -0.4 is 5.32 Å². The highest BCUT2D eigenvalue weighted by molar-refractivity contribution is 5.80. The fourth-order valence-electron chi connectivity index (χ4n) is 3.22. The summed E-state index contributed by atoms with van der Waals surface area (Å²) < 4.78 is 5.46. The van der Waals surface area contributed by atoms with Gasteiger partial charge in [-0.05, 0) is 32.7 Å². The molecule has 2 aliphatic heterocycles. The number of carbonyl (C=O) groups is 1. The van der Waals surface area contributed by atoms with Gasteiger partial charge in [-0.1, -0.05) is 13.3 Å². The van der Waals surface area contributed by atoms with Crippen molar-refractivity contribution in [3.63, 3.8) is 0 Å². The van der Waals surface area contributed by atoms with Gasteiger partial charge in [-0.2, -0.15) is 0 Å². The summed E-state index contributed by atoms with van der Waals surface area (Å²) in [6.07, 6.45) is 5.90. The van der Waals surface area contributed by atoms with Crippen LogP contribution >= 0.6 is 0 Å². The van der Waals surface area contributed by atoms with Crippen LogP contribution in [0.15, 0.2) is 0 Å². The monoisotopic (exact) mass is 254 g/mol. The summed E-state index contributed by atoms with van der Waals surface area (Å²) in [5, 5.41) is 3.21. The Bertz CT molecular complexity index is 281. The third kappa shape index (κ3) is 2.86. The first-order chi connectivity index (χ1) is 8.77. The van der Waals surface area contributed by atoms with Gasteiger partial charge in [-0.3, -0.25) is 4.79 Å². The van der Waals surface area contributed by atoms with Gasteiger partial charge in [0.15, 0.2) is 0 Å². The fraction of sp³-hybridized carbons (Fsp3) is 0.929. The topological polar surface area (TPSA) is 41.6 Å². The minimum Gasteiger partial charge on any atom is -0.379 e. The summed E-state index contributed by atoms with van der Waals surface area (Å²) in [6.45, 7) is 4.39. The Hall–Kier alpha value is -0.610. The van der Waals surface area contributed by atoms with Gasteiger partial charge in [-0.15, -0.1) is 0 Å². The van der Waals surface area contributed by atoms with Gasteiger partial charge in [-0.25, -0.2) is 0 Å². The molecule has 0 aromatic heterocycles.